The monoisotopic (exact) mass is 268 g/mol. The topological polar surface area (TPSA) is 33.3 Å². The van der Waals surface area contributed by atoms with E-state index in [0.29, 0.717) is 6.04 Å². The summed E-state index contributed by atoms with van der Waals surface area (Å²) in [6.07, 6.45) is 0. The average molecular weight is 268 g/mol. The molecular formula is C17H20N2O. The molecule has 0 spiro atoms. The summed E-state index contributed by atoms with van der Waals surface area (Å²) >= 11 is 0. The maximum atomic E-state index is 5.49. The summed E-state index contributed by atoms with van der Waals surface area (Å²) in [5, 5.41) is 6.91. The number of rotatable bonds is 4. The molecule has 0 radical (unpaired) electrons. The summed E-state index contributed by atoms with van der Waals surface area (Å²) in [7, 11) is 0. The van der Waals surface area contributed by atoms with E-state index >= 15 is 0 Å². The van der Waals surface area contributed by atoms with Gasteiger partial charge in [0.05, 0.1) is 19.3 Å². The number of benzene rings is 2. The van der Waals surface area contributed by atoms with E-state index in [1.54, 1.807) is 0 Å². The second kappa shape index (κ2) is 6.55. The Labute approximate surface area is 120 Å². The van der Waals surface area contributed by atoms with Crippen LogP contribution in [-0.2, 0) is 11.3 Å². The lowest BCUT2D eigenvalue weighted by Gasteiger charge is -2.24. The molecular weight excluding hydrogens is 248 g/mol. The fourth-order valence-electron chi connectivity index (χ4n) is 2.41. The van der Waals surface area contributed by atoms with Crippen LogP contribution in [0.3, 0.4) is 0 Å². The number of hydrogen-bond donors (Lipinski definition) is 2. The van der Waals surface area contributed by atoms with Gasteiger partial charge in [-0.2, -0.15) is 0 Å². The molecule has 0 saturated carbocycles. The zero-order valence-corrected chi connectivity index (χ0v) is 11.5. The van der Waals surface area contributed by atoms with Gasteiger partial charge in [-0.1, -0.05) is 42.5 Å². The van der Waals surface area contributed by atoms with Gasteiger partial charge in [-0.05, 0) is 23.3 Å². The number of anilines is 1. The Bertz CT molecular complexity index is 518. The Kier molecular flexibility index (Phi) is 4.31. The lowest BCUT2D eigenvalue weighted by Crippen LogP contribution is -2.34. The minimum absolute atomic E-state index is 0.326. The Morgan fingerprint density at radius 3 is 2.55 bits per heavy atom. The standard InChI is InChI=1S/C17H20N2O/c1-2-4-14(5-3-1)12-19-16-8-6-15(7-9-16)17-13-20-11-10-18-17/h1-9,17-19H,10-13H2/t17-/m0/s1. The third kappa shape index (κ3) is 3.38. The molecule has 2 aromatic rings. The van der Waals surface area contributed by atoms with Crippen LogP contribution in [0.1, 0.15) is 17.2 Å². The van der Waals surface area contributed by atoms with Gasteiger partial charge >= 0.3 is 0 Å². The molecule has 2 N–H and O–H groups in total. The second-order valence-corrected chi connectivity index (χ2v) is 5.04. The number of hydrogen-bond acceptors (Lipinski definition) is 3. The normalized spacial score (nSPS) is 18.7. The van der Waals surface area contributed by atoms with Gasteiger partial charge in [-0.3, -0.25) is 0 Å². The van der Waals surface area contributed by atoms with E-state index in [9.17, 15) is 0 Å². The summed E-state index contributed by atoms with van der Waals surface area (Å²) in [4.78, 5) is 0. The van der Waals surface area contributed by atoms with Crippen LogP contribution in [-0.4, -0.2) is 19.8 Å². The van der Waals surface area contributed by atoms with E-state index in [1.165, 1.54) is 11.1 Å². The maximum absolute atomic E-state index is 5.49. The van der Waals surface area contributed by atoms with Crippen molar-refractivity contribution >= 4 is 5.69 Å². The van der Waals surface area contributed by atoms with Crippen LogP contribution >= 0.6 is 0 Å². The first kappa shape index (κ1) is 13.2. The highest BCUT2D eigenvalue weighted by atomic mass is 16.5. The molecule has 1 aliphatic heterocycles. The Hall–Kier alpha value is -1.84. The molecule has 2 aromatic carbocycles. The summed E-state index contributed by atoms with van der Waals surface area (Å²) in [6, 6.07) is 19.4. The molecule has 3 rings (SSSR count). The molecule has 1 saturated heterocycles. The summed E-state index contributed by atoms with van der Waals surface area (Å²) < 4.78 is 5.49. The Morgan fingerprint density at radius 2 is 1.85 bits per heavy atom. The Morgan fingerprint density at radius 1 is 1.05 bits per heavy atom. The molecule has 0 bridgehead atoms. The van der Waals surface area contributed by atoms with Crippen molar-refractivity contribution in [2.75, 3.05) is 25.1 Å². The van der Waals surface area contributed by atoms with Crippen LogP contribution in [0.15, 0.2) is 54.6 Å². The molecule has 20 heavy (non-hydrogen) atoms. The summed E-state index contributed by atoms with van der Waals surface area (Å²) in [5.41, 5.74) is 3.73. The minimum atomic E-state index is 0.326. The zero-order chi connectivity index (χ0) is 13.6. The van der Waals surface area contributed by atoms with Crippen molar-refractivity contribution in [2.24, 2.45) is 0 Å². The van der Waals surface area contributed by atoms with Crippen molar-refractivity contribution in [3.05, 3.63) is 65.7 Å². The molecule has 3 nitrogen and oxygen atoms in total. The molecule has 104 valence electrons. The van der Waals surface area contributed by atoms with E-state index in [1.807, 2.05) is 6.07 Å². The van der Waals surface area contributed by atoms with Gasteiger partial charge in [0.1, 0.15) is 0 Å². The third-order valence-electron chi connectivity index (χ3n) is 3.57. The number of nitrogens with one attached hydrogen (secondary N) is 2. The van der Waals surface area contributed by atoms with Crippen molar-refractivity contribution in [1.82, 2.24) is 5.32 Å². The van der Waals surface area contributed by atoms with Gasteiger partial charge in [0.25, 0.3) is 0 Å². The van der Waals surface area contributed by atoms with Crippen LogP contribution in [0.5, 0.6) is 0 Å². The quantitative estimate of drug-likeness (QED) is 0.894. The van der Waals surface area contributed by atoms with Crippen LogP contribution in [0.2, 0.25) is 0 Å². The molecule has 0 amide bonds. The SMILES string of the molecule is c1ccc(CNc2ccc([C@@H]3COCCN3)cc2)cc1. The molecule has 0 aliphatic carbocycles. The first-order chi connectivity index (χ1) is 9.92. The van der Waals surface area contributed by atoms with Crippen LogP contribution in [0.25, 0.3) is 0 Å². The molecule has 1 heterocycles. The molecule has 1 fully saturated rings. The van der Waals surface area contributed by atoms with E-state index in [4.69, 9.17) is 4.74 Å². The zero-order valence-electron chi connectivity index (χ0n) is 11.5. The fourth-order valence-corrected chi connectivity index (χ4v) is 2.41. The van der Waals surface area contributed by atoms with Gasteiger partial charge in [0.2, 0.25) is 0 Å². The first-order valence-electron chi connectivity index (χ1n) is 7.11. The van der Waals surface area contributed by atoms with Crippen LogP contribution < -0.4 is 10.6 Å². The van der Waals surface area contributed by atoms with Crippen molar-refractivity contribution in [3.63, 3.8) is 0 Å². The van der Waals surface area contributed by atoms with Crippen molar-refractivity contribution < 1.29 is 4.74 Å². The van der Waals surface area contributed by atoms with Gasteiger partial charge in [0.15, 0.2) is 0 Å². The second-order valence-electron chi connectivity index (χ2n) is 5.04. The highest BCUT2D eigenvalue weighted by Gasteiger charge is 2.14. The smallest absolute Gasteiger partial charge is 0.0662 e. The van der Waals surface area contributed by atoms with E-state index < -0.39 is 0 Å². The predicted octanol–water partition coefficient (Wildman–Crippen LogP) is 2.96. The van der Waals surface area contributed by atoms with E-state index in [2.05, 4.69) is 59.2 Å². The third-order valence-corrected chi connectivity index (χ3v) is 3.57. The minimum Gasteiger partial charge on any atom is -0.381 e. The van der Waals surface area contributed by atoms with Crippen molar-refractivity contribution in [3.8, 4) is 0 Å². The van der Waals surface area contributed by atoms with Crippen molar-refractivity contribution in [1.29, 1.82) is 0 Å². The highest BCUT2D eigenvalue weighted by Crippen LogP contribution is 2.18. The fraction of sp³-hybridized carbons (Fsp3) is 0.294. The predicted molar refractivity (Wildman–Crippen MR) is 81.8 cm³/mol. The summed E-state index contributed by atoms with van der Waals surface area (Å²) in [6.45, 7) is 3.35. The lowest BCUT2D eigenvalue weighted by atomic mass is 10.1. The van der Waals surface area contributed by atoms with Crippen LogP contribution in [0, 0.1) is 0 Å². The molecule has 1 aliphatic rings. The molecule has 0 unspecified atom stereocenters. The van der Waals surface area contributed by atoms with Gasteiger partial charge in [-0.15, -0.1) is 0 Å². The highest BCUT2D eigenvalue weighted by molar-refractivity contribution is 5.45. The number of ether oxygens (including phenoxy) is 1. The van der Waals surface area contributed by atoms with E-state index in [-0.39, 0.29) is 0 Å². The molecule has 3 heteroatoms. The maximum Gasteiger partial charge on any atom is 0.0662 e. The largest absolute Gasteiger partial charge is 0.381 e. The van der Waals surface area contributed by atoms with Gasteiger partial charge < -0.3 is 15.4 Å². The van der Waals surface area contributed by atoms with Crippen molar-refractivity contribution in [2.45, 2.75) is 12.6 Å². The number of morpholine rings is 1. The van der Waals surface area contributed by atoms with Crippen LogP contribution in [0.4, 0.5) is 5.69 Å². The van der Waals surface area contributed by atoms with Gasteiger partial charge in [0, 0.05) is 18.8 Å². The molecule has 1 atom stereocenters. The Balaban J connectivity index is 1.58. The lowest BCUT2D eigenvalue weighted by molar-refractivity contribution is 0.0769. The van der Waals surface area contributed by atoms with E-state index in [0.717, 1.165) is 32.0 Å². The first-order valence-corrected chi connectivity index (χ1v) is 7.11. The molecule has 0 aromatic heterocycles. The van der Waals surface area contributed by atoms with Gasteiger partial charge in [-0.25, -0.2) is 0 Å². The summed E-state index contributed by atoms with van der Waals surface area (Å²) in [5.74, 6) is 0. The average Bonchev–Trinajstić information content (AvgIpc) is 2.55.